The smallest absolute Gasteiger partial charge is 0.335 e. The molecule has 3 aromatic carbocycles. The Hall–Kier alpha value is -3.35. The highest BCUT2D eigenvalue weighted by Gasteiger charge is 2.16. The maximum Gasteiger partial charge on any atom is 0.335 e. The predicted octanol–water partition coefficient (Wildman–Crippen LogP) is 4.97. The Morgan fingerprint density at radius 3 is 2.24 bits per heavy atom. The number of aliphatic hydroxyl groups excluding tert-OH is 1. The summed E-state index contributed by atoms with van der Waals surface area (Å²) in [6.45, 7) is 7.00. The summed E-state index contributed by atoms with van der Waals surface area (Å²) in [5.74, 6) is 0.176. The van der Waals surface area contributed by atoms with Crippen LogP contribution in [0.1, 0.15) is 54.3 Å². The van der Waals surface area contributed by atoms with Gasteiger partial charge < -0.3 is 25.4 Å². The second kappa shape index (κ2) is 11.0. The Labute approximate surface area is 194 Å². The fourth-order valence-electron chi connectivity index (χ4n) is 3.69. The van der Waals surface area contributed by atoms with Crippen LogP contribution in [0.5, 0.6) is 11.5 Å². The summed E-state index contributed by atoms with van der Waals surface area (Å²) in [6.07, 6.45) is -0.687. The third-order valence-corrected chi connectivity index (χ3v) is 5.63. The monoisotopic (exact) mass is 449 g/mol. The van der Waals surface area contributed by atoms with Gasteiger partial charge in [0.1, 0.15) is 18.1 Å². The number of rotatable bonds is 10. The normalized spacial score (nSPS) is 13.0. The summed E-state index contributed by atoms with van der Waals surface area (Å²) in [5.41, 5.74) is 4.04. The zero-order chi connectivity index (χ0) is 24.0. The molecular weight excluding hydrogens is 418 g/mol. The number of aromatic hydroxyl groups is 1. The zero-order valence-corrected chi connectivity index (χ0v) is 19.2. The fraction of sp³-hybridized carbons (Fsp3) is 0.296. The number of phenolic OH excluding ortho intramolecular Hbond substituents is 1. The van der Waals surface area contributed by atoms with Crippen LogP contribution in [0.2, 0.25) is 0 Å². The highest BCUT2D eigenvalue weighted by atomic mass is 16.5. The number of carboxylic acid groups (broad SMARTS) is 1. The van der Waals surface area contributed by atoms with Crippen LogP contribution in [-0.2, 0) is 0 Å². The third-order valence-electron chi connectivity index (χ3n) is 5.63. The molecule has 2 unspecified atom stereocenters. The lowest BCUT2D eigenvalue weighted by Gasteiger charge is -2.21. The molecule has 2 atom stereocenters. The van der Waals surface area contributed by atoms with Gasteiger partial charge in [0.25, 0.3) is 0 Å². The summed E-state index contributed by atoms with van der Waals surface area (Å²) >= 11 is 0. The highest BCUT2D eigenvalue weighted by molar-refractivity contribution is 5.89. The van der Waals surface area contributed by atoms with Gasteiger partial charge in [-0.15, -0.1) is 0 Å². The molecule has 3 rings (SSSR count). The van der Waals surface area contributed by atoms with Gasteiger partial charge in [0.05, 0.1) is 11.7 Å². The summed E-state index contributed by atoms with van der Waals surface area (Å²) in [7, 11) is 0. The first kappa shape index (κ1) is 24.3. The first-order valence-electron chi connectivity index (χ1n) is 11.1. The fourth-order valence-corrected chi connectivity index (χ4v) is 3.69. The first-order chi connectivity index (χ1) is 15.8. The van der Waals surface area contributed by atoms with E-state index >= 15 is 0 Å². The van der Waals surface area contributed by atoms with Gasteiger partial charge >= 0.3 is 5.97 Å². The summed E-state index contributed by atoms with van der Waals surface area (Å²) in [6, 6.07) is 19.3. The molecule has 0 fully saturated rings. The molecular formula is C27H31NO5. The minimum absolute atomic E-state index is 0.170. The average molecular weight is 450 g/mol. The lowest BCUT2D eigenvalue weighted by molar-refractivity contribution is 0.0696. The number of nitrogens with one attached hydrogen (secondary N) is 1. The van der Waals surface area contributed by atoms with Gasteiger partial charge in [0.2, 0.25) is 0 Å². The molecule has 33 heavy (non-hydrogen) atoms. The van der Waals surface area contributed by atoms with Crippen molar-refractivity contribution in [1.82, 2.24) is 5.32 Å². The van der Waals surface area contributed by atoms with E-state index in [0.717, 1.165) is 28.0 Å². The van der Waals surface area contributed by atoms with Crippen molar-refractivity contribution in [3.05, 3.63) is 83.4 Å². The number of carboxylic acids is 1. The number of benzene rings is 3. The lowest BCUT2D eigenvalue weighted by Crippen LogP contribution is -2.35. The van der Waals surface area contributed by atoms with Crippen LogP contribution in [0.4, 0.5) is 0 Å². The maximum atomic E-state index is 11.3. The van der Waals surface area contributed by atoms with Gasteiger partial charge in [-0.05, 0) is 71.5 Å². The molecule has 174 valence electrons. The predicted molar refractivity (Wildman–Crippen MR) is 129 cm³/mol. The lowest BCUT2D eigenvalue weighted by atomic mass is 9.91. The number of ether oxygens (including phenoxy) is 1. The summed E-state index contributed by atoms with van der Waals surface area (Å²) < 4.78 is 5.82. The SMILES string of the molecule is CC(C)c1cc(C(=O)O)ccc1-c1ccc(OCCNC(C)C(O)c2ccc(O)cc2)cc1. The van der Waals surface area contributed by atoms with Crippen molar-refractivity contribution < 1.29 is 24.9 Å². The zero-order valence-electron chi connectivity index (χ0n) is 19.2. The molecule has 0 saturated heterocycles. The van der Waals surface area contributed by atoms with Crippen LogP contribution >= 0.6 is 0 Å². The van der Waals surface area contributed by atoms with Gasteiger partial charge in [0, 0.05) is 12.6 Å². The van der Waals surface area contributed by atoms with E-state index in [0.29, 0.717) is 18.7 Å². The molecule has 0 spiro atoms. The number of hydrogen-bond acceptors (Lipinski definition) is 5. The van der Waals surface area contributed by atoms with Crippen molar-refractivity contribution in [2.45, 2.75) is 38.8 Å². The molecule has 0 bridgehead atoms. The van der Waals surface area contributed by atoms with E-state index in [4.69, 9.17) is 4.74 Å². The summed E-state index contributed by atoms with van der Waals surface area (Å²) in [4.78, 5) is 11.3. The Morgan fingerprint density at radius 1 is 0.970 bits per heavy atom. The van der Waals surface area contributed by atoms with Gasteiger partial charge in [-0.3, -0.25) is 0 Å². The second-order valence-electron chi connectivity index (χ2n) is 8.41. The van der Waals surface area contributed by atoms with Gasteiger partial charge in [0.15, 0.2) is 0 Å². The molecule has 6 heteroatoms. The Bertz CT molecular complexity index is 1060. The maximum absolute atomic E-state index is 11.3. The van der Waals surface area contributed by atoms with E-state index in [2.05, 4.69) is 19.2 Å². The third kappa shape index (κ3) is 6.34. The molecule has 0 radical (unpaired) electrons. The van der Waals surface area contributed by atoms with Crippen molar-refractivity contribution in [3.8, 4) is 22.6 Å². The number of aliphatic hydroxyl groups is 1. The van der Waals surface area contributed by atoms with Crippen molar-refractivity contribution in [1.29, 1.82) is 0 Å². The van der Waals surface area contributed by atoms with Crippen molar-refractivity contribution >= 4 is 5.97 Å². The summed E-state index contributed by atoms with van der Waals surface area (Å²) in [5, 5.41) is 32.3. The van der Waals surface area contributed by atoms with Gasteiger partial charge in [-0.1, -0.05) is 44.2 Å². The highest BCUT2D eigenvalue weighted by Crippen LogP contribution is 2.31. The number of phenols is 1. The molecule has 0 saturated carbocycles. The molecule has 0 aliphatic rings. The van der Waals surface area contributed by atoms with E-state index in [1.165, 1.54) is 0 Å². The molecule has 6 nitrogen and oxygen atoms in total. The molecule has 0 aliphatic carbocycles. The van der Waals surface area contributed by atoms with E-state index in [1.54, 1.807) is 36.4 Å². The van der Waals surface area contributed by atoms with E-state index in [-0.39, 0.29) is 17.7 Å². The van der Waals surface area contributed by atoms with Crippen molar-refractivity contribution in [2.75, 3.05) is 13.2 Å². The molecule has 0 heterocycles. The number of carbonyl (C=O) groups is 1. The van der Waals surface area contributed by atoms with Gasteiger partial charge in [-0.25, -0.2) is 4.79 Å². The Balaban J connectivity index is 1.55. The van der Waals surface area contributed by atoms with Crippen molar-refractivity contribution in [3.63, 3.8) is 0 Å². The largest absolute Gasteiger partial charge is 0.508 e. The van der Waals surface area contributed by atoms with E-state index in [9.17, 15) is 20.1 Å². The van der Waals surface area contributed by atoms with Crippen LogP contribution in [0.15, 0.2) is 66.7 Å². The van der Waals surface area contributed by atoms with Crippen molar-refractivity contribution in [2.24, 2.45) is 0 Å². The molecule has 0 aromatic heterocycles. The number of aromatic carboxylic acids is 1. The standard InChI is InChI=1S/C27H31NO5/c1-17(2)25-16-21(27(31)32)8-13-24(25)19-6-11-23(12-7-19)33-15-14-28-18(3)26(30)20-4-9-22(29)10-5-20/h4-13,16-18,26,28-30H,14-15H2,1-3H3,(H,31,32). The minimum atomic E-state index is -0.925. The van der Waals surface area contributed by atoms with Crippen LogP contribution in [-0.4, -0.2) is 40.5 Å². The minimum Gasteiger partial charge on any atom is -0.508 e. The Kier molecular flexibility index (Phi) is 8.09. The van der Waals surface area contributed by atoms with Gasteiger partial charge in [-0.2, -0.15) is 0 Å². The quantitative estimate of drug-likeness (QED) is 0.326. The van der Waals surface area contributed by atoms with Crippen LogP contribution in [0, 0.1) is 0 Å². The Morgan fingerprint density at radius 2 is 1.64 bits per heavy atom. The van der Waals surface area contributed by atoms with E-state index < -0.39 is 12.1 Å². The number of hydrogen-bond donors (Lipinski definition) is 4. The van der Waals surface area contributed by atoms with E-state index in [1.807, 2.05) is 37.3 Å². The second-order valence-corrected chi connectivity index (χ2v) is 8.41. The molecule has 4 N–H and O–H groups in total. The molecule has 3 aromatic rings. The molecule has 0 amide bonds. The first-order valence-corrected chi connectivity index (χ1v) is 11.1. The average Bonchev–Trinajstić information content (AvgIpc) is 2.81. The molecule has 0 aliphatic heterocycles. The van der Waals surface area contributed by atoms with Crippen LogP contribution in [0.3, 0.4) is 0 Å². The van der Waals surface area contributed by atoms with Crippen LogP contribution in [0.25, 0.3) is 11.1 Å². The topological polar surface area (TPSA) is 99.0 Å². The van der Waals surface area contributed by atoms with Crippen LogP contribution < -0.4 is 10.1 Å².